The van der Waals surface area contributed by atoms with Crippen molar-refractivity contribution in [3.63, 3.8) is 0 Å². The Balaban J connectivity index is 1.29. The lowest BCUT2D eigenvalue weighted by atomic mass is 9.95. The number of nitrogens with zero attached hydrogens (tertiary/aromatic N) is 6. The van der Waals surface area contributed by atoms with E-state index in [1.165, 1.54) is 19.6 Å². The van der Waals surface area contributed by atoms with Crippen LogP contribution in [0.1, 0.15) is 38.9 Å². The second-order valence-electron chi connectivity index (χ2n) is 29.6. The number of rotatable bonds is 63. The van der Waals surface area contributed by atoms with Crippen molar-refractivity contribution in [3.05, 3.63) is 251 Å². The van der Waals surface area contributed by atoms with Crippen LogP contribution in [0.15, 0.2) is 212 Å². The Morgan fingerprint density at radius 1 is 0.315 bits per heavy atom. The van der Waals surface area contributed by atoms with Gasteiger partial charge in [-0.2, -0.15) is 0 Å². The zero-order valence-corrected chi connectivity index (χ0v) is 68.7. The van der Waals surface area contributed by atoms with E-state index in [0.717, 1.165) is 26.5 Å². The van der Waals surface area contributed by atoms with Gasteiger partial charge in [0.2, 0.25) is 11.8 Å². The number of carbonyl (C=O) groups is 10. The molecule has 1 aliphatic heterocycles. The van der Waals surface area contributed by atoms with Crippen molar-refractivity contribution in [3.8, 4) is 0 Å². The summed E-state index contributed by atoms with van der Waals surface area (Å²) in [5.74, 6) is -12.4. The first-order valence-electron chi connectivity index (χ1n) is 40.3. The van der Waals surface area contributed by atoms with Gasteiger partial charge in [0.25, 0.3) is 0 Å². The van der Waals surface area contributed by atoms with E-state index in [9.17, 15) is 79.2 Å². The molecule has 0 radical (unpaired) electrons. The van der Waals surface area contributed by atoms with Crippen LogP contribution in [-0.2, 0) is 137 Å². The largest absolute Gasteiger partial charge is 0.480 e. The number of hydrogen-bond donors (Lipinski definition) is 10. The highest BCUT2D eigenvalue weighted by molar-refractivity contribution is 5.80. The zero-order chi connectivity index (χ0) is 88.8. The highest BCUT2D eigenvalue weighted by atomic mass is 16.7. The summed E-state index contributed by atoms with van der Waals surface area (Å²) in [6, 6.07) is 61.0. The molecule has 8 rings (SSSR count). The topological polar surface area (TPSA) is 459 Å². The summed E-state index contributed by atoms with van der Waals surface area (Å²) >= 11 is 0. The standard InChI is InChI=1S/C89H110N8O27/c98-74(44-94(48-78(104)105)40-36-92(46-76(100)101)38-42-96(50-80(108)109)51-81(110)111)90-71(61-116-54-64-22-8-1-9-23-64)85(119-57-67-28-14-4-15-29-67)86(120-58-68-30-16-5-17-31-68)72(62-117-55-65-24-10-2-11-25-65)123-89-84(91-75(99)45-95(49-79(106)107)41-37-93(47-77(102)103)39-43-97(52-82(112)113)53-83(114)115)88(122-60-70-34-20-7-21-35-70)87(121-59-69-32-18-6-19-33-69)73(124-89)63-118-56-66-26-12-3-13-27-66/h1-35,71-73,84-89H,36-63H2,(H,90,98)(H,91,99)(H,100,101)(H,102,103)(H,104,105)(H,106,107)(H,108,109)(H,110,111)(H,112,113)(H,114,115)/t71-,72+,73-,84-,85-,86-,87-,88-,89+/m1/s1. The summed E-state index contributed by atoms with van der Waals surface area (Å²) in [5, 5.41) is 85.7. The molecule has 7 aromatic carbocycles. The minimum absolute atomic E-state index is 0.0372. The normalized spacial score (nSPS) is 16.2. The molecule has 7 aromatic rings. The fourth-order valence-corrected chi connectivity index (χ4v) is 13.8. The van der Waals surface area contributed by atoms with E-state index >= 15 is 9.59 Å². The second kappa shape index (κ2) is 54.3. The first-order chi connectivity index (χ1) is 59.9. The van der Waals surface area contributed by atoms with Gasteiger partial charge < -0.3 is 94.1 Å². The molecule has 2 amide bonds. The van der Waals surface area contributed by atoms with Crippen molar-refractivity contribution < 1.29 is 131 Å². The van der Waals surface area contributed by atoms with Crippen molar-refractivity contribution in [1.82, 2.24) is 40.0 Å². The van der Waals surface area contributed by atoms with Gasteiger partial charge >= 0.3 is 47.8 Å². The number of amides is 2. The van der Waals surface area contributed by atoms with Crippen molar-refractivity contribution in [2.45, 2.75) is 101 Å². The van der Waals surface area contributed by atoms with E-state index in [0.29, 0.717) is 22.3 Å². The predicted octanol–water partition coefficient (Wildman–Crippen LogP) is 4.55. The van der Waals surface area contributed by atoms with Gasteiger partial charge in [-0.25, -0.2) is 0 Å². The van der Waals surface area contributed by atoms with E-state index in [4.69, 9.17) is 42.6 Å². The number of benzene rings is 7. The summed E-state index contributed by atoms with van der Waals surface area (Å²) in [6.07, 6.45) is -9.88. The first kappa shape index (κ1) is 98.1. The molecule has 35 heteroatoms. The Morgan fingerprint density at radius 3 is 0.952 bits per heavy atom. The third kappa shape index (κ3) is 38.2. The Bertz CT molecular complexity index is 4320. The van der Waals surface area contributed by atoms with E-state index in [1.807, 2.05) is 182 Å². The van der Waals surface area contributed by atoms with Crippen LogP contribution in [-0.4, -0.2) is 322 Å². The third-order valence-electron chi connectivity index (χ3n) is 19.6. The maximum atomic E-state index is 15.7. The van der Waals surface area contributed by atoms with Crippen LogP contribution in [0, 0.1) is 0 Å². The molecule has 124 heavy (non-hydrogen) atoms. The van der Waals surface area contributed by atoms with Gasteiger partial charge in [0.05, 0.1) is 138 Å². The molecule has 35 nitrogen and oxygen atoms in total. The van der Waals surface area contributed by atoms with Crippen LogP contribution in [0.4, 0.5) is 0 Å². The van der Waals surface area contributed by atoms with Crippen molar-refractivity contribution in [2.75, 3.05) is 138 Å². The number of aliphatic carboxylic acids is 8. The number of carbonyl (C=O) groups excluding carboxylic acids is 2. The average Bonchev–Trinajstić information content (AvgIpc) is 0.775. The minimum Gasteiger partial charge on any atom is -0.480 e. The molecule has 0 saturated carbocycles. The van der Waals surface area contributed by atoms with Crippen LogP contribution in [0.2, 0.25) is 0 Å². The molecule has 0 unspecified atom stereocenters. The van der Waals surface area contributed by atoms with Gasteiger partial charge in [0.1, 0.15) is 42.7 Å². The highest BCUT2D eigenvalue weighted by Crippen LogP contribution is 2.33. The van der Waals surface area contributed by atoms with E-state index in [2.05, 4.69) is 10.6 Å². The Labute approximate surface area is 718 Å². The van der Waals surface area contributed by atoms with E-state index in [1.54, 1.807) is 30.3 Å². The smallest absolute Gasteiger partial charge is 0.317 e. The molecule has 9 atom stereocenters. The molecule has 0 aliphatic carbocycles. The molecule has 0 aromatic heterocycles. The number of hydrogen-bond acceptors (Lipinski definition) is 25. The lowest BCUT2D eigenvalue weighted by Crippen LogP contribution is -2.68. The zero-order valence-electron chi connectivity index (χ0n) is 68.7. The summed E-state index contributed by atoms with van der Waals surface area (Å²) in [4.78, 5) is 136. The number of carboxylic acid groups (broad SMARTS) is 8. The highest BCUT2D eigenvalue weighted by Gasteiger charge is 2.52. The minimum atomic E-state index is -1.74. The summed E-state index contributed by atoms with van der Waals surface area (Å²) < 4.78 is 63.7. The first-order valence-corrected chi connectivity index (χ1v) is 40.3. The molecule has 1 fully saturated rings. The van der Waals surface area contributed by atoms with Gasteiger partial charge in [0.15, 0.2) is 6.29 Å². The summed E-state index contributed by atoms with van der Waals surface area (Å²) in [5.41, 5.74) is 4.89. The third-order valence-corrected chi connectivity index (χ3v) is 19.6. The monoisotopic (exact) mass is 1720 g/mol. The Hall–Kier alpha value is -11.4. The fraction of sp³-hybridized carbons (Fsp3) is 0.416. The lowest BCUT2D eigenvalue weighted by Gasteiger charge is -2.48. The molecule has 0 bridgehead atoms. The van der Waals surface area contributed by atoms with Gasteiger partial charge in [-0.15, -0.1) is 0 Å². The maximum absolute atomic E-state index is 15.7. The van der Waals surface area contributed by atoms with Gasteiger partial charge in [-0.1, -0.05) is 212 Å². The van der Waals surface area contributed by atoms with Gasteiger partial charge in [-0.3, -0.25) is 77.3 Å². The van der Waals surface area contributed by atoms with Crippen LogP contribution in [0.25, 0.3) is 0 Å². The number of ether oxygens (including phenoxy) is 9. The van der Waals surface area contributed by atoms with E-state index in [-0.39, 0.29) is 112 Å². The fourth-order valence-electron chi connectivity index (χ4n) is 13.8. The molecule has 668 valence electrons. The second-order valence-corrected chi connectivity index (χ2v) is 29.6. The maximum Gasteiger partial charge on any atom is 0.317 e. The van der Waals surface area contributed by atoms with E-state index < -0.39 is 187 Å². The van der Waals surface area contributed by atoms with Crippen LogP contribution >= 0.6 is 0 Å². The molecule has 10 N–H and O–H groups in total. The van der Waals surface area contributed by atoms with Crippen molar-refractivity contribution in [2.24, 2.45) is 0 Å². The number of nitrogens with one attached hydrogen (secondary N) is 2. The Morgan fingerprint density at radius 2 is 0.597 bits per heavy atom. The van der Waals surface area contributed by atoms with Gasteiger partial charge in [0, 0.05) is 52.4 Å². The van der Waals surface area contributed by atoms with Crippen LogP contribution in [0.3, 0.4) is 0 Å². The SMILES string of the molecule is O=C(O)CN(CCN(CC(=O)O)CC(=O)O)CCN(CC(=O)O)CC(=O)N[C@H]1[C@@H](O[C@@H](COCc2ccccc2)[C@@H](OCc2ccccc2)[C@H](OCc2ccccc2)[C@@H](COCc2ccccc2)NC(=O)CN(CCN(CCN(CC(=O)O)CC(=O)O)CC(=O)O)CC(=O)O)O[C@H](COCc2ccccc2)[C@@H](OCc2ccccc2)[C@@H]1OCc1ccccc1. The Kier molecular flexibility index (Phi) is 43.0. The molecular formula is C89H110N8O27. The van der Waals surface area contributed by atoms with Crippen LogP contribution < -0.4 is 10.6 Å². The summed E-state index contributed by atoms with van der Waals surface area (Å²) in [6.45, 7) is -10.4. The van der Waals surface area contributed by atoms with Crippen molar-refractivity contribution >= 4 is 59.6 Å². The van der Waals surface area contributed by atoms with Gasteiger partial charge in [-0.05, 0) is 38.9 Å². The molecule has 0 spiro atoms. The molecule has 1 aliphatic rings. The lowest BCUT2D eigenvalue weighted by molar-refractivity contribution is -0.314. The average molecular weight is 1720 g/mol. The molecule has 1 heterocycles. The molecule has 1 saturated heterocycles. The number of carboxylic acids is 8. The van der Waals surface area contributed by atoms with Crippen molar-refractivity contribution in [1.29, 1.82) is 0 Å². The predicted molar refractivity (Wildman–Crippen MR) is 445 cm³/mol. The quantitative estimate of drug-likeness (QED) is 0.0250. The summed E-state index contributed by atoms with van der Waals surface area (Å²) in [7, 11) is 0. The molecular weight excluding hydrogens is 1610 g/mol. The van der Waals surface area contributed by atoms with Crippen LogP contribution in [0.5, 0.6) is 0 Å².